The average molecular weight is 291 g/mol. The summed E-state index contributed by atoms with van der Waals surface area (Å²) in [6, 6.07) is 2.45. The maximum Gasteiger partial charge on any atom is 0.245 e. The van der Waals surface area contributed by atoms with Crippen LogP contribution in [0.1, 0.15) is 5.56 Å². The summed E-state index contributed by atoms with van der Waals surface area (Å²) < 4.78 is 27.2. The highest BCUT2D eigenvalue weighted by molar-refractivity contribution is 6.32. The SMILES string of the molecule is Cc1ccc(F)c(Nc2nc(Cl)nnc2Cl)c1F. The Morgan fingerprint density at radius 1 is 1.17 bits per heavy atom. The number of anilines is 2. The third-order valence-electron chi connectivity index (χ3n) is 2.15. The highest BCUT2D eigenvalue weighted by Crippen LogP contribution is 2.27. The second-order valence-corrected chi connectivity index (χ2v) is 4.09. The van der Waals surface area contributed by atoms with Crippen molar-refractivity contribution < 1.29 is 8.78 Å². The largest absolute Gasteiger partial charge is 0.333 e. The molecule has 2 aromatic rings. The molecule has 0 aliphatic heterocycles. The molecule has 0 spiro atoms. The van der Waals surface area contributed by atoms with Crippen molar-refractivity contribution in [2.45, 2.75) is 6.92 Å². The Morgan fingerprint density at radius 2 is 1.89 bits per heavy atom. The minimum absolute atomic E-state index is 0.0694. The zero-order valence-electron chi connectivity index (χ0n) is 9.01. The number of halogens is 4. The van der Waals surface area contributed by atoms with Gasteiger partial charge in [0.05, 0.1) is 0 Å². The van der Waals surface area contributed by atoms with Crippen molar-refractivity contribution in [3.63, 3.8) is 0 Å². The van der Waals surface area contributed by atoms with E-state index in [0.29, 0.717) is 0 Å². The van der Waals surface area contributed by atoms with Gasteiger partial charge in [-0.3, -0.25) is 0 Å². The first-order chi connectivity index (χ1) is 8.49. The molecule has 0 radical (unpaired) electrons. The lowest BCUT2D eigenvalue weighted by molar-refractivity contribution is 0.584. The van der Waals surface area contributed by atoms with Crippen molar-refractivity contribution >= 4 is 34.7 Å². The van der Waals surface area contributed by atoms with E-state index in [1.807, 2.05) is 0 Å². The number of nitrogens with one attached hydrogen (secondary N) is 1. The quantitative estimate of drug-likeness (QED) is 0.920. The fourth-order valence-corrected chi connectivity index (χ4v) is 1.51. The van der Waals surface area contributed by atoms with E-state index >= 15 is 0 Å². The molecule has 0 fully saturated rings. The van der Waals surface area contributed by atoms with Gasteiger partial charge >= 0.3 is 0 Å². The topological polar surface area (TPSA) is 50.7 Å². The Kier molecular flexibility index (Phi) is 3.58. The van der Waals surface area contributed by atoms with Gasteiger partial charge in [-0.25, -0.2) is 8.78 Å². The molecule has 0 unspecified atom stereocenters. The van der Waals surface area contributed by atoms with Crippen LogP contribution < -0.4 is 5.32 Å². The summed E-state index contributed by atoms with van der Waals surface area (Å²) in [4.78, 5) is 3.70. The monoisotopic (exact) mass is 290 g/mol. The summed E-state index contributed by atoms with van der Waals surface area (Å²) in [7, 11) is 0. The minimum Gasteiger partial charge on any atom is -0.333 e. The molecule has 0 aliphatic rings. The first-order valence-corrected chi connectivity index (χ1v) is 5.52. The van der Waals surface area contributed by atoms with Crippen LogP contribution in [0.5, 0.6) is 0 Å². The standard InChI is InChI=1S/C10H6Cl2F2N4/c1-4-2-3-5(13)7(6(4)14)15-9-8(11)17-18-10(12)16-9/h2-3H,1H3,(H,15,16,18). The van der Waals surface area contributed by atoms with Crippen molar-refractivity contribution in [3.05, 3.63) is 39.8 Å². The van der Waals surface area contributed by atoms with Crippen LogP contribution in [-0.2, 0) is 0 Å². The number of hydrogen-bond donors (Lipinski definition) is 1. The van der Waals surface area contributed by atoms with Crippen molar-refractivity contribution in [1.82, 2.24) is 15.2 Å². The van der Waals surface area contributed by atoms with Crippen LogP contribution in [-0.4, -0.2) is 15.2 Å². The van der Waals surface area contributed by atoms with Gasteiger partial charge in [0.25, 0.3) is 0 Å². The lowest BCUT2D eigenvalue weighted by atomic mass is 10.2. The molecule has 0 amide bonds. The van der Waals surface area contributed by atoms with Gasteiger partial charge in [-0.15, -0.1) is 10.2 Å². The van der Waals surface area contributed by atoms with Crippen LogP contribution in [0.3, 0.4) is 0 Å². The summed E-state index contributed by atoms with van der Waals surface area (Å²) in [5.41, 5.74) is -0.0865. The van der Waals surface area contributed by atoms with Crippen LogP contribution in [0, 0.1) is 18.6 Å². The molecule has 0 saturated carbocycles. The lowest BCUT2D eigenvalue weighted by Gasteiger charge is -2.10. The Morgan fingerprint density at radius 3 is 2.61 bits per heavy atom. The van der Waals surface area contributed by atoms with Gasteiger partial charge in [0, 0.05) is 0 Å². The molecule has 1 heterocycles. The molecule has 2 rings (SSSR count). The van der Waals surface area contributed by atoms with E-state index < -0.39 is 11.6 Å². The molecule has 8 heteroatoms. The van der Waals surface area contributed by atoms with E-state index in [0.717, 1.165) is 6.07 Å². The highest BCUT2D eigenvalue weighted by Gasteiger charge is 2.14. The molecular weight excluding hydrogens is 285 g/mol. The summed E-state index contributed by atoms with van der Waals surface area (Å²) in [5, 5.41) is 8.94. The maximum absolute atomic E-state index is 13.7. The Balaban J connectivity index is 2.46. The van der Waals surface area contributed by atoms with E-state index in [1.54, 1.807) is 0 Å². The van der Waals surface area contributed by atoms with Crippen LogP contribution in [0.2, 0.25) is 10.4 Å². The number of nitrogens with zero attached hydrogens (tertiary/aromatic N) is 3. The number of aryl methyl sites for hydroxylation is 1. The fraction of sp³-hybridized carbons (Fsp3) is 0.100. The summed E-state index contributed by atoms with van der Waals surface area (Å²) in [6.07, 6.45) is 0. The summed E-state index contributed by atoms with van der Waals surface area (Å²) >= 11 is 11.2. The van der Waals surface area contributed by atoms with E-state index in [9.17, 15) is 8.78 Å². The third kappa shape index (κ3) is 2.49. The summed E-state index contributed by atoms with van der Waals surface area (Å²) in [5.74, 6) is -1.58. The summed E-state index contributed by atoms with van der Waals surface area (Å²) in [6.45, 7) is 1.51. The molecular formula is C10H6Cl2F2N4. The molecule has 18 heavy (non-hydrogen) atoms. The fourth-order valence-electron chi connectivity index (χ4n) is 1.26. The lowest BCUT2D eigenvalue weighted by Crippen LogP contribution is -2.03. The van der Waals surface area contributed by atoms with Crippen LogP contribution in [0.4, 0.5) is 20.3 Å². The normalized spacial score (nSPS) is 10.5. The third-order valence-corrected chi connectivity index (χ3v) is 2.56. The molecule has 0 atom stereocenters. The average Bonchev–Trinajstić information content (AvgIpc) is 2.34. The zero-order chi connectivity index (χ0) is 13.3. The highest BCUT2D eigenvalue weighted by atomic mass is 35.5. The van der Waals surface area contributed by atoms with E-state index in [2.05, 4.69) is 20.5 Å². The molecule has 94 valence electrons. The predicted octanol–water partition coefficient (Wildman–Crippen LogP) is 3.51. The van der Waals surface area contributed by atoms with Crippen LogP contribution in [0.25, 0.3) is 0 Å². The van der Waals surface area contributed by atoms with Gasteiger partial charge in [-0.1, -0.05) is 17.7 Å². The molecule has 4 nitrogen and oxygen atoms in total. The van der Waals surface area contributed by atoms with Gasteiger partial charge in [0.1, 0.15) is 11.5 Å². The zero-order valence-corrected chi connectivity index (χ0v) is 10.5. The van der Waals surface area contributed by atoms with Crippen molar-refractivity contribution in [3.8, 4) is 0 Å². The Hall–Kier alpha value is -1.53. The molecule has 1 N–H and O–H groups in total. The number of hydrogen-bond acceptors (Lipinski definition) is 4. The second-order valence-electron chi connectivity index (χ2n) is 3.40. The van der Waals surface area contributed by atoms with Gasteiger partial charge in [0.2, 0.25) is 5.28 Å². The number of aromatic nitrogens is 3. The maximum atomic E-state index is 13.7. The minimum atomic E-state index is -0.774. The van der Waals surface area contributed by atoms with Crippen molar-refractivity contribution in [2.24, 2.45) is 0 Å². The van der Waals surface area contributed by atoms with Crippen molar-refractivity contribution in [2.75, 3.05) is 5.32 Å². The first kappa shape index (κ1) is 12.9. The smallest absolute Gasteiger partial charge is 0.245 e. The molecule has 0 aliphatic carbocycles. The van der Waals surface area contributed by atoms with Crippen LogP contribution in [0.15, 0.2) is 12.1 Å². The van der Waals surface area contributed by atoms with Gasteiger partial charge < -0.3 is 5.32 Å². The van der Waals surface area contributed by atoms with E-state index in [1.165, 1.54) is 13.0 Å². The van der Waals surface area contributed by atoms with E-state index in [4.69, 9.17) is 23.2 Å². The number of rotatable bonds is 2. The molecule has 0 saturated heterocycles. The van der Waals surface area contributed by atoms with Gasteiger partial charge in [-0.05, 0) is 30.2 Å². The Labute approximate surface area is 111 Å². The van der Waals surface area contributed by atoms with E-state index in [-0.39, 0.29) is 27.5 Å². The van der Waals surface area contributed by atoms with Crippen LogP contribution >= 0.6 is 23.2 Å². The predicted molar refractivity (Wildman–Crippen MR) is 64.2 cm³/mol. The number of benzene rings is 1. The second kappa shape index (κ2) is 4.99. The molecule has 1 aromatic heterocycles. The first-order valence-electron chi connectivity index (χ1n) is 4.76. The van der Waals surface area contributed by atoms with Gasteiger partial charge in [0.15, 0.2) is 16.8 Å². The van der Waals surface area contributed by atoms with Gasteiger partial charge in [-0.2, -0.15) is 4.98 Å². The molecule has 1 aromatic carbocycles. The van der Waals surface area contributed by atoms with Crippen molar-refractivity contribution in [1.29, 1.82) is 0 Å². The molecule has 0 bridgehead atoms. The Bertz CT molecular complexity index is 607.